The van der Waals surface area contributed by atoms with Crippen molar-refractivity contribution in [2.24, 2.45) is 0 Å². The maximum Gasteiger partial charge on any atom is 0.224 e. The fourth-order valence-corrected chi connectivity index (χ4v) is 3.06. The number of aromatic nitrogens is 4. The summed E-state index contributed by atoms with van der Waals surface area (Å²) < 4.78 is 0. The lowest BCUT2D eigenvalue weighted by molar-refractivity contribution is 0.198. The molecular formula is C17H24N6. The monoisotopic (exact) mass is 312 g/mol. The third-order valence-corrected chi connectivity index (χ3v) is 4.22. The molecule has 0 saturated carbocycles. The number of rotatable bonds is 4. The van der Waals surface area contributed by atoms with Crippen molar-refractivity contribution in [1.82, 2.24) is 24.8 Å². The van der Waals surface area contributed by atoms with Crippen LogP contribution in [0.4, 0.5) is 5.95 Å². The first-order valence-corrected chi connectivity index (χ1v) is 8.12. The minimum Gasteiger partial charge on any atom is -0.347 e. The van der Waals surface area contributed by atoms with Crippen molar-refractivity contribution in [2.75, 3.05) is 32.1 Å². The molecule has 2 aromatic rings. The topological polar surface area (TPSA) is 58.0 Å². The lowest BCUT2D eigenvalue weighted by Crippen LogP contribution is -2.34. The molecule has 0 amide bonds. The summed E-state index contributed by atoms with van der Waals surface area (Å²) in [6.45, 7) is 5.00. The Morgan fingerprint density at radius 2 is 2.00 bits per heavy atom. The van der Waals surface area contributed by atoms with Gasteiger partial charge < -0.3 is 4.90 Å². The summed E-state index contributed by atoms with van der Waals surface area (Å²) >= 11 is 0. The summed E-state index contributed by atoms with van der Waals surface area (Å²) in [5.74, 6) is 2.10. The van der Waals surface area contributed by atoms with Gasteiger partial charge >= 0.3 is 0 Å². The van der Waals surface area contributed by atoms with Gasteiger partial charge in [0.15, 0.2) is 0 Å². The van der Waals surface area contributed by atoms with Crippen LogP contribution in [0.1, 0.15) is 35.8 Å². The second-order valence-electron chi connectivity index (χ2n) is 6.39. The van der Waals surface area contributed by atoms with Gasteiger partial charge in [0, 0.05) is 63.0 Å². The quantitative estimate of drug-likeness (QED) is 0.861. The summed E-state index contributed by atoms with van der Waals surface area (Å²) in [5.41, 5.74) is 2.33. The number of hydrogen-bond acceptors (Lipinski definition) is 6. The van der Waals surface area contributed by atoms with E-state index in [2.05, 4.69) is 30.9 Å². The Hall–Kier alpha value is -2.08. The zero-order valence-electron chi connectivity index (χ0n) is 14.1. The van der Waals surface area contributed by atoms with E-state index in [1.54, 1.807) is 0 Å². The average molecular weight is 312 g/mol. The molecule has 2 aromatic heterocycles. The van der Waals surface area contributed by atoms with Crippen molar-refractivity contribution in [3.63, 3.8) is 0 Å². The number of piperidine rings is 1. The molecule has 6 nitrogen and oxygen atoms in total. The van der Waals surface area contributed by atoms with E-state index >= 15 is 0 Å². The minimum absolute atomic E-state index is 0.493. The largest absolute Gasteiger partial charge is 0.347 e. The van der Waals surface area contributed by atoms with Crippen LogP contribution in [0.3, 0.4) is 0 Å². The Balaban J connectivity index is 1.64. The fourth-order valence-electron chi connectivity index (χ4n) is 3.06. The molecule has 0 N–H and O–H groups in total. The molecule has 3 rings (SSSR count). The van der Waals surface area contributed by atoms with Gasteiger partial charge in [0.1, 0.15) is 5.82 Å². The Kier molecular flexibility index (Phi) is 4.81. The van der Waals surface area contributed by atoms with Gasteiger partial charge in [-0.1, -0.05) is 0 Å². The first-order valence-electron chi connectivity index (χ1n) is 8.12. The Morgan fingerprint density at radius 1 is 1.22 bits per heavy atom. The van der Waals surface area contributed by atoms with Crippen LogP contribution < -0.4 is 4.90 Å². The highest BCUT2D eigenvalue weighted by Crippen LogP contribution is 2.26. The van der Waals surface area contributed by atoms with E-state index in [0.717, 1.165) is 37.0 Å². The van der Waals surface area contributed by atoms with Gasteiger partial charge in [0.2, 0.25) is 5.95 Å². The predicted octanol–water partition coefficient (Wildman–Crippen LogP) is 2.02. The molecule has 1 atom stereocenters. The van der Waals surface area contributed by atoms with Crippen LogP contribution in [-0.2, 0) is 6.54 Å². The van der Waals surface area contributed by atoms with Crippen LogP contribution in [0, 0.1) is 6.92 Å². The van der Waals surface area contributed by atoms with E-state index in [1.807, 2.05) is 44.5 Å². The molecule has 1 aliphatic rings. The molecule has 0 spiro atoms. The number of aryl methyl sites for hydroxylation is 1. The van der Waals surface area contributed by atoms with Crippen LogP contribution in [0.5, 0.6) is 0 Å². The van der Waals surface area contributed by atoms with E-state index in [4.69, 9.17) is 0 Å². The molecule has 6 heteroatoms. The standard InChI is InChI=1S/C17H24N6/c1-13-18-7-6-16(21-13)15-5-4-8-23(12-15)11-14-9-19-17(20-10-14)22(2)3/h6-7,9-10,15H,4-5,8,11-12H2,1-3H3/t15-/m0/s1. The lowest BCUT2D eigenvalue weighted by atomic mass is 9.94. The zero-order chi connectivity index (χ0) is 16.2. The summed E-state index contributed by atoms with van der Waals surface area (Å²) in [7, 11) is 3.90. The third kappa shape index (κ3) is 4.01. The lowest BCUT2D eigenvalue weighted by Gasteiger charge is -2.32. The van der Waals surface area contributed by atoms with Gasteiger partial charge in [-0.25, -0.2) is 19.9 Å². The summed E-state index contributed by atoms with van der Waals surface area (Å²) in [4.78, 5) is 22.0. The number of hydrogen-bond donors (Lipinski definition) is 0. The van der Waals surface area contributed by atoms with Crippen LogP contribution in [0.15, 0.2) is 24.7 Å². The van der Waals surface area contributed by atoms with Crippen molar-refractivity contribution in [3.05, 3.63) is 41.7 Å². The fraction of sp³-hybridized carbons (Fsp3) is 0.529. The molecule has 0 bridgehead atoms. The molecule has 0 aromatic carbocycles. The van der Waals surface area contributed by atoms with Gasteiger partial charge in [0.25, 0.3) is 0 Å². The molecule has 23 heavy (non-hydrogen) atoms. The first kappa shape index (κ1) is 15.8. The summed E-state index contributed by atoms with van der Waals surface area (Å²) in [6.07, 6.45) is 8.12. The smallest absolute Gasteiger partial charge is 0.224 e. The molecule has 1 saturated heterocycles. The summed E-state index contributed by atoms with van der Waals surface area (Å²) in [6, 6.07) is 2.05. The number of likely N-dealkylation sites (tertiary alicyclic amines) is 1. The van der Waals surface area contributed by atoms with Gasteiger partial charge in [-0.05, 0) is 32.4 Å². The Morgan fingerprint density at radius 3 is 2.70 bits per heavy atom. The SMILES string of the molecule is Cc1nccc([C@H]2CCCN(Cc3cnc(N(C)C)nc3)C2)n1. The van der Waals surface area contributed by atoms with Crippen molar-refractivity contribution < 1.29 is 0 Å². The highest BCUT2D eigenvalue weighted by molar-refractivity contribution is 5.26. The van der Waals surface area contributed by atoms with Gasteiger partial charge in [-0.15, -0.1) is 0 Å². The highest BCUT2D eigenvalue weighted by Gasteiger charge is 2.22. The Bertz CT molecular complexity index is 640. The predicted molar refractivity (Wildman–Crippen MR) is 90.4 cm³/mol. The molecular weight excluding hydrogens is 288 g/mol. The first-order chi connectivity index (χ1) is 11.1. The van der Waals surface area contributed by atoms with E-state index in [-0.39, 0.29) is 0 Å². The second-order valence-corrected chi connectivity index (χ2v) is 6.39. The maximum absolute atomic E-state index is 4.60. The molecule has 122 valence electrons. The molecule has 0 unspecified atom stereocenters. The zero-order valence-corrected chi connectivity index (χ0v) is 14.1. The number of nitrogens with zero attached hydrogens (tertiary/aromatic N) is 6. The van der Waals surface area contributed by atoms with Crippen LogP contribution in [0.25, 0.3) is 0 Å². The van der Waals surface area contributed by atoms with Crippen molar-refractivity contribution in [2.45, 2.75) is 32.2 Å². The number of anilines is 1. The average Bonchev–Trinajstić information content (AvgIpc) is 2.56. The highest BCUT2D eigenvalue weighted by atomic mass is 15.2. The van der Waals surface area contributed by atoms with Gasteiger partial charge in [0.05, 0.1) is 0 Å². The summed E-state index contributed by atoms with van der Waals surface area (Å²) in [5, 5.41) is 0. The van der Waals surface area contributed by atoms with Crippen molar-refractivity contribution in [3.8, 4) is 0 Å². The molecule has 0 aliphatic carbocycles. The maximum atomic E-state index is 4.60. The minimum atomic E-state index is 0.493. The Labute approximate surface area is 137 Å². The van der Waals surface area contributed by atoms with Crippen LogP contribution >= 0.6 is 0 Å². The molecule has 0 radical (unpaired) electrons. The van der Waals surface area contributed by atoms with Crippen molar-refractivity contribution >= 4 is 5.95 Å². The van der Waals surface area contributed by atoms with Crippen LogP contribution in [-0.4, -0.2) is 52.0 Å². The van der Waals surface area contributed by atoms with Gasteiger partial charge in [-0.2, -0.15) is 0 Å². The van der Waals surface area contributed by atoms with E-state index in [9.17, 15) is 0 Å². The third-order valence-electron chi connectivity index (χ3n) is 4.22. The van der Waals surface area contributed by atoms with Crippen molar-refractivity contribution in [1.29, 1.82) is 0 Å². The normalized spacial score (nSPS) is 18.8. The second kappa shape index (κ2) is 7.00. The van der Waals surface area contributed by atoms with E-state index in [1.165, 1.54) is 18.5 Å². The van der Waals surface area contributed by atoms with E-state index < -0.39 is 0 Å². The molecule has 3 heterocycles. The van der Waals surface area contributed by atoms with E-state index in [0.29, 0.717) is 5.92 Å². The molecule has 1 fully saturated rings. The van der Waals surface area contributed by atoms with Gasteiger partial charge in [-0.3, -0.25) is 4.90 Å². The van der Waals surface area contributed by atoms with Crippen LogP contribution in [0.2, 0.25) is 0 Å². The molecule has 1 aliphatic heterocycles.